The minimum Gasteiger partial charge on any atom is -0.384 e. The number of amides is 1. The first-order chi connectivity index (χ1) is 9.66. The topological polar surface area (TPSA) is 32.3 Å². The van der Waals surface area contributed by atoms with Crippen molar-refractivity contribution in [3.05, 3.63) is 59.9 Å². The number of halogens is 1. The third kappa shape index (κ3) is 2.13. The molecule has 20 heavy (non-hydrogen) atoms. The number of benzene rings is 2. The average molecular weight is 270 g/mol. The molecule has 1 aliphatic rings. The fourth-order valence-corrected chi connectivity index (χ4v) is 2.53. The Kier molecular flexibility index (Phi) is 3.14. The van der Waals surface area contributed by atoms with Crippen molar-refractivity contribution < 1.29 is 9.18 Å². The summed E-state index contributed by atoms with van der Waals surface area (Å²) in [6.07, 6.45) is 0. The molecule has 3 rings (SSSR count). The lowest BCUT2D eigenvalue weighted by molar-refractivity contribution is -0.119. The van der Waals surface area contributed by atoms with E-state index in [4.69, 9.17) is 0 Å². The molecular formula is C16H15FN2O. The Morgan fingerprint density at radius 2 is 1.90 bits per heavy atom. The van der Waals surface area contributed by atoms with Gasteiger partial charge in [0.15, 0.2) is 0 Å². The number of anilines is 2. The van der Waals surface area contributed by atoms with Crippen LogP contribution in [-0.4, -0.2) is 19.5 Å². The average Bonchev–Trinajstić information content (AvgIpc) is 2.90. The third-order valence-corrected chi connectivity index (χ3v) is 3.68. The maximum atomic E-state index is 12.9. The van der Waals surface area contributed by atoms with E-state index in [1.54, 1.807) is 24.1 Å². The highest BCUT2D eigenvalue weighted by Crippen LogP contribution is 2.33. The van der Waals surface area contributed by atoms with Crippen LogP contribution in [0.4, 0.5) is 15.8 Å². The summed E-state index contributed by atoms with van der Waals surface area (Å²) >= 11 is 0. The molecule has 1 unspecified atom stereocenters. The van der Waals surface area contributed by atoms with Gasteiger partial charge in [0.25, 0.3) is 0 Å². The molecule has 1 atom stereocenters. The molecule has 0 saturated carbocycles. The molecule has 0 radical (unpaired) electrons. The highest BCUT2D eigenvalue weighted by molar-refractivity contribution is 5.99. The molecule has 2 aromatic rings. The number of carbonyl (C=O) groups excluding carboxylic acids is 1. The molecule has 1 amide bonds. The van der Waals surface area contributed by atoms with E-state index in [0.29, 0.717) is 12.2 Å². The lowest BCUT2D eigenvalue weighted by Crippen LogP contribution is -2.32. The van der Waals surface area contributed by atoms with Gasteiger partial charge in [0.2, 0.25) is 5.91 Å². The van der Waals surface area contributed by atoms with Crippen molar-refractivity contribution >= 4 is 17.3 Å². The number of rotatable bonds is 2. The zero-order valence-corrected chi connectivity index (χ0v) is 11.1. The SMILES string of the molecule is CN(C(=O)C1CNc2ccccc21)c1ccc(F)cc1. The van der Waals surface area contributed by atoms with Crippen LogP contribution in [0.2, 0.25) is 0 Å². The van der Waals surface area contributed by atoms with Gasteiger partial charge in [-0.05, 0) is 35.9 Å². The van der Waals surface area contributed by atoms with Gasteiger partial charge in [0.05, 0.1) is 5.92 Å². The second-order valence-corrected chi connectivity index (χ2v) is 4.89. The van der Waals surface area contributed by atoms with Crippen LogP contribution in [0, 0.1) is 5.82 Å². The molecule has 0 bridgehead atoms. The van der Waals surface area contributed by atoms with E-state index in [1.807, 2.05) is 24.3 Å². The molecule has 1 aliphatic heterocycles. The van der Waals surface area contributed by atoms with Crippen LogP contribution in [0.5, 0.6) is 0 Å². The fourth-order valence-electron chi connectivity index (χ4n) is 2.53. The summed E-state index contributed by atoms with van der Waals surface area (Å²) in [6, 6.07) is 13.8. The fraction of sp³-hybridized carbons (Fsp3) is 0.188. The second kappa shape index (κ2) is 4.96. The van der Waals surface area contributed by atoms with Gasteiger partial charge >= 0.3 is 0 Å². The van der Waals surface area contributed by atoms with Crippen molar-refractivity contribution in [1.82, 2.24) is 0 Å². The van der Waals surface area contributed by atoms with Crippen molar-refractivity contribution in [1.29, 1.82) is 0 Å². The number of likely N-dealkylation sites (N-methyl/N-ethyl adjacent to an activating group) is 1. The van der Waals surface area contributed by atoms with E-state index in [-0.39, 0.29) is 17.6 Å². The first kappa shape index (κ1) is 12.7. The van der Waals surface area contributed by atoms with E-state index in [2.05, 4.69) is 5.32 Å². The molecule has 0 aliphatic carbocycles. The highest BCUT2D eigenvalue weighted by atomic mass is 19.1. The predicted molar refractivity (Wildman–Crippen MR) is 77.5 cm³/mol. The number of carbonyl (C=O) groups is 1. The monoisotopic (exact) mass is 270 g/mol. The molecule has 4 heteroatoms. The van der Waals surface area contributed by atoms with Crippen LogP contribution < -0.4 is 10.2 Å². The van der Waals surface area contributed by atoms with E-state index in [0.717, 1.165) is 11.3 Å². The molecule has 1 N–H and O–H groups in total. The molecule has 0 aromatic heterocycles. The van der Waals surface area contributed by atoms with Gasteiger partial charge in [0.1, 0.15) is 5.82 Å². The molecule has 3 nitrogen and oxygen atoms in total. The van der Waals surface area contributed by atoms with Crippen LogP contribution in [0.1, 0.15) is 11.5 Å². The normalized spacial score (nSPS) is 16.4. The number of nitrogens with zero attached hydrogens (tertiary/aromatic N) is 1. The van der Waals surface area contributed by atoms with Gasteiger partial charge < -0.3 is 10.2 Å². The number of nitrogens with one attached hydrogen (secondary N) is 1. The molecule has 0 spiro atoms. The maximum absolute atomic E-state index is 12.9. The second-order valence-electron chi connectivity index (χ2n) is 4.89. The Labute approximate surface area is 117 Å². The largest absolute Gasteiger partial charge is 0.384 e. The summed E-state index contributed by atoms with van der Waals surface area (Å²) in [6.45, 7) is 0.601. The van der Waals surface area contributed by atoms with Crippen LogP contribution in [0.25, 0.3) is 0 Å². The Balaban J connectivity index is 1.85. The number of hydrogen-bond donors (Lipinski definition) is 1. The number of para-hydroxylation sites is 1. The van der Waals surface area contributed by atoms with Crippen molar-refractivity contribution in [3.63, 3.8) is 0 Å². The maximum Gasteiger partial charge on any atom is 0.236 e. The van der Waals surface area contributed by atoms with Gasteiger partial charge in [-0.1, -0.05) is 18.2 Å². The molecule has 102 valence electrons. The summed E-state index contributed by atoms with van der Waals surface area (Å²) in [5.41, 5.74) is 2.73. The van der Waals surface area contributed by atoms with E-state index in [9.17, 15) is 9.18 Å². The summed E-state index contributed by atoms with van der Waals surface area (Å²) in [4.78, 5) is 14.2. The Morgan fingerprint density at radius 1 is 1.20 bits per heavy atom. The molecule has 2 aromatic carbocycles. The van der Waals surface area contributed by atoms with Crippen molar-refractivity contribution in [2.45, 2.75) is 5.92 Å². The van der Waals surface area contributed by atoms with Crippen LogP contribution in [-0.2, 0) is 4.79 Å². The first-order valence-corrected chi connectivity index (χ1v) is 6.53. The van der Waals surface area contributed by atoms with E-state index >= 15 is 0 Å². The summed E-state index contributed by atoms with van der Waals surface area (Å²) < 4.78 is 12.9. The smallest absolute Gasteiger partial charge is 0.236 e. The van der Waals surface area contributed by atoms with Crippen molar-refractivity contribution in [2.75, 3.05) is 23.8 Å². The summed E-state index contributed by atoms with van der Waals surface area (Å²) in [5, 5.41) is 3.24. The Bertz CT molecular complexity index is 639. The van der Waals surface area contributed by atoms with Crippen molar-refractivity contribution in [3.8, 4) is 0 Å². The van der Waals surface area contributed by atoms with E-state index in [1.165, 1.54) is 12.1 Å². The van der Waals surface area contributed by atoms with Crippen molar-refractivity contribution in [2.24, 2.45) is 0 Å². The zero-order valence-electron chi connectivity index (χ0n) is 11.1. The number of hydrogen-bond acceptors (Lipinski definition) is 2. The standard InChI is InChI=1S/C16H15FN2O/c1-19(12-8-6-11(17)7-9-12)16(20)14-10-18-15-5-3-2-4-13(14)15/h2-9,14,18H,10H2,1H3. The van der Waals surface area contributed by atoms with Gasteiger partial charge in [-0.15, -0.1) is 0 Å². The minimum atomic E-state index is -0.303. The Morgan fingerprint density at radius 3 is 2.65 bits per heavy atom. The van der Waals surface area contributed by atoms with Crippen LogP contribution in [0.15, 0.2) is 48.5 Å². The minimum absolute atomic E-state index is 0.00839. The third-order valence-electron chi connectivity index (χ3n) is 3.68. The summed E-state index contributed by atoms with van der Waals surface area (Å²) in [7, 11) is 1.72. The lowest BCUT2D eigenvalue weighted by Gasteiger charge is -2.21. The zero-order chi connectivity index (χ0) is 14.1. The van der Waals surface area contributed by atoms with Crippen LogP contribution >= 0.6 is 0 Å². The van der Waals surface area contributed by atoms with Gasteiger partial charge in [0, 0.05) is 25.0 Å². The van der Waals surface area contributed by atoms with E-state index < -0.39 is 0 Å². The van der Waals surface area contributed by atoms with Gasteiger partial charge in [-0.25, -0.2) is 4.39 Å². The highest BCUT2D eigenvalue weighted by Gasteiger charge is 2.30. The molecule has 0 saturated heterocycles. The molecule has 1 heterocycles. The summed E-state index contributed by atoms with van der Waals surface area (Å²) in [5.74, 6) is -0.488. The number of fused-ring (bicyclic) bond motifs is 1. The Hall–Kier alpha value is -2.36. The van der Waals surface area contributed by atoms with Gasteiger partial charge in [-0.2, -0.15) is 0 Å². The first-order valence-electron chi connectivity index (χ1n) is 6.53. The van der Waals surface area contributed by atoms with Crippen LogP contribution in [0.3, 0.4) is 0 Å². The predicted octanol–water partition coefficient (Wildman–Crippen LogP) is 3.00. The van der Waals surface area contributed by atoms with Gasteiger partial charge in [-0.3, -0.25) is 4.79 Å². The lowest BCUT2D eigenvalue weighted by atomic mass is 10.00. The quantitative estimate of drug-likeness (QED) is 0.909. The molecule has 0 fully saturated rings. The molecular weight excluding hydrogens is 255 g/mol.